The number of aromatic nitrogens is 1. The summed E-state index contributed by atoms with van der Waals surface area (Å²) in [5.74, 6) is 0.648. The van der Waals surface area contributed by atoms with Crippen molar-refractivity contribution in [3.63, 3.8) is 0 Å². The van der Waals surface area contributed by atoms with Crippen LogP contribution in [0.4, 0.5) is 0 Å². The Bertz CT molecular complexity index is 468. The Morgan fingerprint density at radius 3 is 2.87 bits per heavy atom. The van der Waals surface area contributed by atoms with Crippen molar-refractivity contribution in [1.82, 2.24) is 10.3 Å². The average Bonchev–Trinajstić information content (AvgIpc) is 2.70. The maximum absolute atomic E-state index is 4.72. The first-order valence-corrected chi connectivity index (χ1v) is 6.81. The zero-order chi connectivity index (χ0) is 10.3. The highest BCUT2D eigenvalue weighted by Crippen LogP contribution is 2.33. The molecule has 4 heteroatoms. The van der Waals surface area contributed by atoms with E-state index in [1.165, 1.54) is 21.1 Å². The SMILES string of the molecule is Cc1ccsc1-c1nc(C2CNC2)cs1. The van der Waals surface area contributed by atoms with Gasteiger partial charge in [-0.3, -0.25) is 0 Å². The zero-order valence-corrected chi connectivity index (χ0v) is 10.1. The van der Waals surface area contributed by atoms with Gasteiger partial charge in [-0.1, -0.05) is 0 Å². The third-order valence-corrected chi connectivity index (χ3v) is 4.81. The largest absolute Gasteiger partial charge is 0.315 e. The van der Waals surface area contributed by atoms with Crippen molar-refractivity contribution in [3.8, 4) is 9.88 Å². The van der Waals surface area contributed by atoms with Gasteiger partial charge in [0.1, 0.15) is 5.01 Å². The predicted molar refractivity (Wildman–Crippen MR) is 65.8 cm³/mol. The fourth-order valence-corrected chi connectivity index (χ4v) is 3.67. The van der Waals surface area contributed by atoms with Gasteiger partial charge in [0.2, 0.25) is 0 Å². The number of thiophene rings is 1. The Kier molecular flexibility index (Phi) is 2.35. The van der Waals surface area contributed by atoms with Gasteiger partial charge < -0.3 is 5.32 Å². The van der Waals surface area contributed by atoms with Crippen LogP contribution in [0.1, 0.15) is 17.2 Å². The van der Waals surface area contributed by atoms with Crippen LogP contribution in [0.15, 0.2) is 16.8 Å². The third kappa shape index (κ3) is 1.62. The molecule has 15 heavy (non-hydrogen) atoms. The van der Waals surface area contributed by atoms with Crippen LogP contribution in [-0.4, -0.2) is 18.1 Å². The van der Waals surface area contributed by atoms with Crippen molar-refractivity contribution in [2.24, 2.45) is 0 Å². The van der Waals surface area contributed by atoms with Crippen LogP contribution in [0.3, 0.4) is 0 Å². The molecule has 0 atom stereocenters. The second-order valence-electron chi connectivity index (χ2n) is 3.87. The number of nitrogens with one attached hydrogen (secondary N) is 1. The van der Waals surface area contributed by atoms with Gasteiger partial charge in [0.15, 0.2) is 0 Å². The molecule has 3 heterocycles. The van der Waals surface area contributed by atoms with Gasteiger partial charge in [0.05, 0.1) is 10.6 Å². The van der Waals surface area contributed by atoms with Gasteiger partial charge in [-0.2, -0.15) is 0 Å². The molecule has 78 valence electrons. The van der Waals surface area contributed by atoms with E-state index in [1.807, 2.05) is 0 Å². The molecule has 1 N–H and O–H groups in total. The third-order valence-electron chi connectivity index (χ3n) is 2.78. The van der Waals surface area contributed by atoms with Crippen LogP contribution in [0, 0.1) is 6.92 Å². The molecular weight excluding hydrogens is 224 g/mol. The van der Waals surface area contributed by atoms with E-state index in [-0.39, 0.29) is 0 Å². The predicted octanol–water partition coefficient (Wildman–Crippen LogP) is 2.87. The molecule has 1 aliphatic rings. The lowest BCUT2D eigenvalue weighted by molar-refractivity contribution is 0.441. The first kappa shape index (κ1) is 9.51. The van der Waals surface area contributed by atoms with E-state index in [9.17, 15) is 0 Å². The summed E-state index contributed by atoms with van der Waals surface area (Å²) in [5.41, 5.74) is 2.61. The van der Waals surface area contributed by atoms with Gasteiger partial charge in [-0.15, -0.1) is 22.7 Å². The van der Waals surface area contributed by atoms with Crippen LogP contribution >= 0.6 is 22.7 Å². The van der Waals surface area contributed by atoms with Crippen molar-refractivity contribution in [2.75, 3.05) is 13.1 Å². The van der Waals surface area contributed by atoms with E-state index in [4.69, 9.17) is 4.98 Å². The van der Waals surface area contributed by atoms with Crippen LogP contribution < -0.4 is 5.32 Å². The Balaban J connectivity index is 1.93. The molecule has 3 rings (SSSR count). The van der Waals surface area contributed by atoms with E-state index >= 15 is 0 Å². The van der Waals surface area contributed by atoms with Gasteiger partial charge in [0.25, 0.3) is 0 Å². The molecule has 0 spiro atoms. The van der Waals surface area contributed by atoms with Gasteiger partial charge in [-0.05, 0) is 23.9 Å². The topological polar surface area (TPSA) is 24.9 Å². The smallest absolute Gasteiger partial charge is 0.133 e. The molecule has 0 saturated carbocycles. The molecule has 2 nitrogen and oxygen atoms in total. The summed E-state index contributed by atoms with van der Waals surface area (Å²) in [4.78, 5) is 6.06. The summed E-state index contributed by atoms with van der Waals surface area (Å²) in [6.45, 7) is 4.33. The minimum Gasteiger partial charge on any atom is -0.315 e. The summed E-state index contributed by atoms with van der Waals surface area (Å²) < 4.78 is 0. The van der Waals surface area contributed by atoms with Crippen molar-refractivity contribution in [3.05, 3.63) is 28.1 Å². The summed E-state index contributed by atoms with van der Waals surface area (Å²) in [7, 11) is 0. The van der Waals surface area contributed by atoms with E-state index in [2.05, 4.69) is 29.1 Å². The van der Waals surface area contributed by atoms with Gasteiger partial charge >= 0.3 is 0 Å². The highest BCUT2D eigenvalue weighted by molar-refractivity contribution is 7.20. The molecule has 0 radical (unpaired) electrons. The molecule has 0 amide bonds. The number of rotatable bonds is 2. The average molecular weight is 236 g/mol. The molecule has 2 aromatic heterocycles. The maximum atomic E-state index is 4.72. The summed E-state index contributed by atoms with van der Waals surface area (Å²) in [6, 6.07) is 2.16. The zero-order valence-electron chi connectivity index (χ0n) is 8.49. The van der Waals surface area contributed by atoms with E-state index in [0.717, 1.165) is 13.1 Å². The summed E-state index contributed by atoms with van der Waals surface area (Å²) >= 11 is 3.56. The lowest BCUT2D eigenvalue weighted by Gasteiger charge is -2.25. The Morgan fingerprint density at radius 1 is 1.40 bits per heavy atom. The molecule has 2 aromatic rings. The number of aryl methyl sites for hydroxylation is 1. The molecule has 1 saturated heterocycles. The molecular formula is C11H12N2S2. The lowest BCUT2D eigenvalue weighted by atomic mass is 10.0. The normalized spacial score (nSPS) is 16.6. The van der Waals surface area contributed by atoms with Crippen molar-refractivity contribution < 1.29 is 0 Å². The van der Waals surface area contributed by atoms with Crippen molar-refractivity contribution >= 4 is 22.7 Å². The Labute approximate surface area is 97.0 Å². The Morgan fingerprint density at radius 2 is 2.27 bits per heavy atom. The summed E-state index contributed by atoms with van der Waals surface area (Å²) in [5, 5.41) is 8.81. The van der Waals surface area contributed by atoms with E-state index in [1.54, 1.807) is 22.7 Å². The Hall–Kier alpha value is -0.710. The van der Waals surface area contributed by atoms with Gasteiger partial charge in [0, 0.05) is 24.4 Å². The number of nitrogens with zero attached hydrogens (tertiary/aromatic N) is 1. The molecule has 0 aromatic carbocycles. The van der Waals surface area contributed by atoms with E-state index < -0.39 is 0 Å². The maximum Gasteiger partial charge on any atom is 0.133 e. The molecule has 0 bridgehead atoms. The number of hydrogen-bond acceptors (Lipinski definition) is 4. The summed E-state index contributed by atoms with van der Waals surface area (Å²) in [6.07, 6.45) is 0. The minimum atomic E-state index is 0.648. The second kappa shape index (κ2) is 3.70. The number of thiazole rings is 1. The second-order valence-corrected chi connectivity index (χ2v) is 5.64. The fourth-order valence-electron chi connectivity index (χ4n) is 1.67. The van der Waals surface area contributed by atoms with E-state index in [0.29, 0.717) is 5.92 Å². The molecule has 1 aliphatic heterocycles. The van der Waals surface area contributed by atoms with Gasteiger partial charge in [-0.25, -0.2) is 4.98 Å². The first-order valence-electron chi connectivity index (χ1n) is 5.05. The lowest BCUT2D eigenvalue weighted by Crippen LogP contribution is -2.40. The van der Waals surface area contributed by atoms with Crippen LogP contribution in [0.5, 0.6) is 0 Å². The standard InChI is InChI=1S/C11H12N2S2/c1-7-2-3-14-10(7)11-13-9(6-15-11)8-4-12-5-8/h2-3,6,8,12H,4-5H2,1H3. The van der Waals surface area contributed by atoms with Crippen molar-refractivity contribution in [1.29, 1.82) is 0 Å². The van der Waals surface area contributed by atoms with Crippen LogP contribution in [0.25, 0.3) is 9.88 Å². The fraction of sp³-hybridized carbons (Fsp3) is 0.364. The first-order chi connectivity index (χ1) is 7.34. The monoisotopic (exact) mass is 236 g/mol. The molecule has 1 fully saturated rings. The molecule has 0 unspecified atom stereocenters. The minimum absolute atomic E-state index is 0.648. The van der Waals surface area contributed by atoms with Crippen molar-refractivity contribution in [2.45, 2.75) is 12.8 Å². The van der Waals surface area contributed by atoms with Crippen LogP contribution in [-0.2, 0) is 0 Å². The van der Waals surface area contributed by atoms with Crippen LogP contribution in [0.2, 0.25) is 0 Å². The molecule has 0 aliphatic carbocycles. The quantitative estimate of drug-likeness (QED) is 0.867. The highest BCUT2D eigenvalue weighted by Gasteiger charge is 2.22. The highest BCUT2D eigenvalue weighted by atomic mass is 32.1. The number of hydrogen-bond donors (Lipinski definition) is 1.